The predicted molar refractivity (Wildman–Crippen MR) is 217 cm³/mol. The van der Waals surface area contributed by atoms with Crippen LogP contribution in [0, 0.1) is 0 Å². The van der Waals surface area contributed by atoms with Crippen LogP contribution in [0.5, 0.6) is 0 Å². The monoisotopic (exact) mass is 726 g/mol. The molecule has 11 rings (SSSR count). The Hall–Kier alpha value is -7.99. The molecule has 0 spiro atoms. The van der Waals surface area contributed by atoms with Crippen molar-refractivity contribution in [2.45, 2.75) is 6.04 Å². The van der Waals surface area contributed by atoms with Crippen LogP contribution in [0.4, 0.5) is 17.3 Å². The van der Waals surface area contributed by atoms with Crippen molar-refractivity contribution in [2.75, 3.05) is 10.0 Å². The van der Waals surface area contributed by atoms with Crippen LogP contribution in [0.2, 0.25) is 0 Å². The van der Waals surface area contributed by atoms with Gasteiger partial charge in [-0.25, -0.2) is 25.0 Å². The summed E-state index contributed by atoms with van der Waals surface area (Å²) in [5.41, 5.74) is 9.17. The fraction of sp³-hybridized carbons (Fsp3) is 0.0227. The molecular formula is C44H30N12. The molecule has 0 saturated heterocycles. The lowest BCUT2D eigenvalue weighted by atomic mass is 9.82. The van der Waals surface area contributed by atoms with Gasteiger partial charge in [0.2, 0.25) is 0 Å². The largest absolute Gasteiger partial charge is 0.362 e. The van der Waals surface area contributed by atoms with Crippen molar-refractivity contribution in [2.24, 2.45) is 0 Å². The number of nitrogens with one attached hydrogen (secondary N) is 3. The molecule has 0 radical (unpaired) electrons. The Kier molecular flexibility index (Phi) is 7.23. The van der Waals surface area contributed by atoms with Crippen LogP contribution in [-0.2, 0) is 0 Å². The highest BCUT2D eigenvalue weighted by Gasteiger charge is 2.48. The van der Waals surface area contributed by atoms with Crippen LogP contribution in [-0.4, -0.2) is 50.1 Å². The van der Waals surface area contributed by atoms with Gasteiger partial charge in [0.15, 0.2) is 11.6 Å². The van der Waals surface area contributed by atoms with Crippen molar-refractivity contribution in [1.82, 2.24) is 50.1 Å². The third kappa shape index (κ3) is 4.89. The van der Waals surface area contributed by atoms with Crippen LogP contribution in [0.15, 0.2) is 159 Å². The molecule has 266 valence electrons. The average molecular weight is 727 g/mol. The molecule has 1 unspecified atom stereocenters. The topological polar surface area (TPSA) is 144 Å². The molecule has 8 heterocycles. The first kappa shape index (κ1) is 31.5. The van der Waals surface area contributed by atoms with Gasteiger partial charge >= 0.3 is 0 Å². The predicted octanol–water partition coefficient (Wildman–Crippen LogP) is 9.07. The zero-order valence-corrected chi connectivity index (χ0v) is 29.6. The number of hydrogen-bond acceptors (Lipinski definition) is 9. The minimum atomic E-state index is -0.455. The van der Waals surface area contributed by atoms with E-state index in [1.54, 1.807) is 37.2 Å². The number of nitrogens with zero attached hydrogens (tertiary/aromatic N) is 9. The summed E-state index contributed by atoms with van der Waals surface area (Å²) in [6.07, 6.45) is 16.2. The number of benzene rings is 3. The first-order valence-electron chi connectivity index (χ1n) is 18.2. The molecule has 1 aliphatic heterocycles. The van der Waals surface area contributed by atoms with Crippen LogP contribution in [0.25, 0.3) is 66.8 Å². The maximum Gasteiger partial charge on any atom is 0.160 e. The third-order valence-electron chi connectivity index (χ3n) is 10.3. The Morgan fingerprint density at radius 2 is 1.46 bits per heavy atom. The molecule has 0 saturated carbocycles. The van der Waals surface area contributed by atoms with Gasteiger partial charge in [-0.1, -0.05) is 48.5 Å². The number of hydrazine groups is 1. The van der Waals surface area contributed by atoms with Gasteiger partial charge in [0.05, 0.1) is 29.0 Å². The molecule has 0 fully saturated rings. The van der Waals surface area contributed by atoms with E-state index in [-0.39, 0.29) is 0 Å². The number of pyridine rings is 1. The van der Waals surface area contributed by atoms with Gasteiger partial charge < -0.3 is 15.0 Å². The molecule has 12 nitrogen and oxygen atoms in total. The highest BCUT2D eigenvalue weighted by molar-refractivity contribution is 6.10. The number of para-hydroxylation sites is 1. The molecule has 7 aromatic heterocycles. The van der Waals surface area contributed by atoms with E-state index in [4.69, 9.17) is 25.0 Å². The van der Waals surface area contributed by atoms with E-state index < -0.39 is 6.04 Å². The number of aromatic amines is 3. The van der Waals surface area contributed by atoms with E-state index in [0.717, 1.165) is 72.4 Å². The molecule has 1 atom stereocenters. The lowest BCUT2D eigenvalue weighted by Crippen LogP contribution is -2.38. The Labute approximate surface area is 319 Å². The number of fused-ring (bicyclic) bond motifs is 3. The number of aromatic nitrogens is 10. The molecule has 10 aromatic rings. The first-order chi connectivity index (χ1) is 27.8. The van der Waals surface area contributed by atoms with Crippen LogP contribution >= 0.6 is 0 Å². The van der Waals surface area contributed by atoms with Crippen molar-refractivity contribution in [3.8, 4) is 45.2 Å². The third-order valence-corrected chi connectivity index (χ3v) is 10.3. The molecule has 56 heavy (non-hydrogen) atoms. The van der Waals surface area contributed by atoms with Gasteiger partial charge in [0.1, 0.15) is 11.9 Å². The minimum absolute atomic E-state index is 0.455. The van der Waals surface area contributed by atoms with Gasteiger partial charge in [-0.3, -0.25) is 9.97 Å². The van der Waals surface area contributed by atoms with Gasteiger partial charge in [0.25, 0.3) is 0 Å². The minimum Gasteiger partial charge on any atom is -0.362 e. The molecule has 12 heteroatoms. The summed E-state index contributed by atoms with van der Waals surface area (Å²) >= 11 is 0. The van der Waals surface area contributed by atoms with Crippen molar-refractivity contribution < 1.29 is 0 Å². The molecule has 0 amide bonds. The number of hydrogen-bond donors (Lipinski definition) is 3. The summed E-state index contributed by atoms with van der Waals surface area (Å²) < 4.78 is 0. The summed E-state index contributed by atoms with van der Waals surface area (Å²) in [5.74, 6) is 2.04. The second-order valence-corrected chi connectivity index (χ2v) is 13.4. The Morgan fingerprint density at radius 3 is 2.25 bits per heavy atom. The molecule has 0 bridgehead atoms. The zero-order valence-electron chi connectivity index (χ0n) is 29.6. The van der Waals surface area contributed by atoms with E-state index in [1.165, 1.54) is 0 Å². The van der Waals surface area contributed by atoms with E-state index in [9.17, 15) is 0 Å². The molecule has 1 aliphatic rings. The lowest BCUT2D eigenvalue weighted by molar-refractivity contribution is 0.740. The van der Waals surface area contributed by atoms with Gasteiger partial charge in [-0.05, 0) is 60.0 Å². The maximum atomic E-state index is 5.02. The maximum absolute atomic E-state index is 5.02. The summed E-state index contributed by atoms with van der Waals surface area (Å²) in [5, 5.41) is 16.9. The molecular weight excluding hydrogens is 697 g/mol. The fourth-order valence-electron chi connectivity index (χ4n) is 8.10. The van der Waals surface area contributed by atoms with Gasteiger partial charge in [-0.15, -0.1) is 0 Å². The molecule has 0 aliphatic carbocycles. The van der Waals surface area contributed by atoms with Gasteiger partial charge in [-0.2, -0.15) is 10.2 Å². The molecule has 3 aromatic carbocycles. The van der Waals surface area contributed by atoms with E-state index >= 15 is 0 Å². The van der Waals surface area contributed by atoms with Crippen LogP contribution in [0.1, 0.15) is 17.3 Å². The smallest absolute Gasteiger partial charge is 0.160 e. The highest BCUT2D eigenvalue weighted by Crippen LogP contribution is 2.61. The van der Waals surface area contributed by atoms with E-state index in [1.807, 2.05) is 60.9 Å². The average Bonchev–Trinajstić information content (AvgIpc) is 4.09. The first-order valence-corrected chi connectivity index (χ1v) is 18.2. The van der Waals surface area contributed by atoms with Crippen LogP contribution < -0.4 is 10.0 Å². The van der Waals surface area contributed by atoms with Crippen molar-refractivity contribution >= 4 is 39.0 Å². The van der Waals surface area contributed by atoms with Crippen molar-refractivity contribution in [3.05, 3.63) is 170 Å². The fourth-order valence-corrected chi connectivity index (χ4v) is 8.10. The SMILES string of the molecule is c1ccc(N2c3c(-c4cnccn4)c(-c4ncccn4)c(-c4cccnn4)c(-c4cc5ccccc5[nH]4)c3C(c3[nH]cc4ccccc34)N2c2ccc[nH]2)nc1. The van der Waals surface area contributed by atoms with Crippen LogP contribution in [0.3, 0.4) is 0 Å². The van der Waals surface area contributed by atoms with E-state index in [2.05, 4.69) is 95.8 Å². The van der Waals surface area contributed by atoms with Crippen molar-refractivity contribution in [1.29, 1.82) is 0 Å². The normalized spacial score (nSPS) is 13.8. The summed E-state index contributed by atoms with van der Waals surface area (Å²) in [6.45, 7) is 0. The Morgan fingerprint density at radius 1 is 0.607 bits per heavy atom. The summed E-state index contributed by atoms with van der Waals surface area (Å²) in [6, 6.07) is 34.2. The second kappa shape index (κ2) is 12.8. The van der Waals surface area contributed by atoms with E-state index in [0.29, 0.717) is 23.0 Å². The number of rotatable bonds is 7. The number of H-pyrrole nitrogens is 3. The highest BCUT2D eigenvalue weighted by atomic mass is 15.7. The zero-order chi connectivity index (χ0) is 37.0. The standard InChI is InChI=1S/C44H30N12/c1-3-12-29-28(11-1)25-51-41(29)43-40-37(32-24-27-10-2-4-13-30(27)53-32)36(31-14-7-21-52-54-31)39(44-49-19-9-20-50-44)38(33-26-45-22-23-46-33)42(40)55(34-15-5-6-17-47-34)56(43)35-16-8-18-48-35/h1-26,43,48,51,53H. The summed E-state index contributed by atoms with van der Waals surface area (Å²) in [4.78, 5) is 35.6. The quantitative estimate of drug-likeness (QED) is 0.147. The lowest BCUT2D eigenvalue weighted by Gasteiger charge is -2.34. The van der Waals surface area contributed by atoms with Gasteiger partial charge in [0, 0.05) is 99.4 Å². The van der Waals surface area contributed by atoms with Crippen molar-refractivity contribution in [3.63, 3.8) is 0 Å². The summed E-state index contributed by atoms with van der Waals surface area (Å²) in [7, 11) is 0. The Bertz CT molecular complexity index is 2950. The Balaban J connectivity index is 1.42. The second-order valence-electron chi connectivity index (χ2n) is 13.4. The number of anilines is 3. The molecule has 3 N–H and O–H groups in total.